The Bertz CT molecular complexity index is 589. The van der Waals surface area contributed by atoms with Crippen LogP contribution in [0.5, 0.6) is 0 Å². The normalized spacial score (nSPS) is 11.0. The van der Waals surface area contributed by atoms with Gasteiger partial charge in [-0.15, -0.1) is 0 Å². The molecule has 0 aliphatic rings. The van der Waals surface area contributed by atoms with E-state index < -0.39 is 0 Å². The van der Waals surface area contributed by atoms with Gasteiger partial charge in [0.05, 0.1) is 5.69 Å². The molecule has 5 nitrogen and oxygen atoms in total. The molecule has 0 fully saturated rings. The molecule has 2 rings (SSSR count). The highest BCUT2D eigenvalue weighted by molar-refractivity contribution is 6.01. The molecule has 2 N–H and O–H groups in total. The molecular formula is C15H22N4O. The van der Waals surface area contributed by atoms with E-state index in [2.05, 4.69) is 15.5 Å². The average molecular weight is 274 g/mol. The minimum absolute atomic E-state index is 0.153. The number of hydrogen-bond donors (Lipinski definition) is 2. The largest absolute Gasteiger partial charge is 0.348 e. The number of carbonyl (C=O) groups excluding carboxylic acids is 1. The lowest BCUT2D eigenvalue weighted by Gasteiger charge is -2.10. The number of nitrogens with zero attached hydrogens (tertiary/aromatic N) is 2. The average Bonchev–Trinajstić information content (AvgIpc) is 2.72. The second kappa shape index (κ2) is 6.43. The number of benzene rings is 1. The minimum atomic E-state index is -0.153. The predicted octanol–water partition coefficient (Wildman–Crippen LogP) is 2.25. The van der Waals surface area contributed by atoms with Crippen LogP contribution in [0.3, 0.4) is 0 Å². The molecule has 1 heterocycles. The Kier molecular flexibility index (Phi) is 4.63. The van der Waals surface area contributed by atoms with Gasteiger partial charge in [0.15, 0.2) is 0 Å². The van der Waals surface area contributed by atoms with E-state index >= 15 is 0 Å². The summed E-state index contributed by atoms with van der Waals surface area (Å²) in [5.74, 6) is 0. The van der Waals surface area contributed by atoms with Crippen LogP contribution in [0.25, 0.3) is 10.9 Å². The number of aryl methyl sites for hydroxylation is 1. The second-order valence-electron chi connectivity index (χ2n) is 5.21. The number of carbonyl (C=O) groups is 1. The van der Waals surface area contributed by atoms with E-state index in [1.807, 2.05) is 56.2 Å². The van der Waals surface area contributed by atoms with Crippen LogP contribution in [0.15, 0.2) is 30.5 Å². The van der Waals surface area contributed by atoms with Crippen molar-refractivity contribution in [1.29, 1.82) is 0 Å². The Morgan fingerprint density at radius 3 is 2.80 bits per heavy atom. The van der Waals surface area contributed by atoms with E-state index in [4.69, 9.17) is 0 Å². The minimum Gasteiger partial charge on any atom is -0.348 e. The molecule has 1 aromatic heterocycles. The third-order valence-electron chi connectivity index (χ3n) is 3.21. The van der Waals surface area contributed by atoms with Crippen LogP contribution < -0.4 is 10.6 Å². The molecule has 1 aromatic carbocycles. The molecule has 0 aliphatic carbocycles. The lowest BCUT2D eigenvalue weighted by atomic mass is 10.2. The van der Waals surface area contributed by atoms with Crippen molar-refractivity contribution in [1.82, 2.24) is 14.8 Å². The number of amides is 2. The monoisotopic (exact) mass is 274 g/mol. The van der Waals surface area contributed by atoms with Crippen LogP contribution in [0.4, 0.5) is 10.5 Å². The molecule has 0 bridgehead atoms. The smallest absolute Gasteiger partial charge is 0.319 e. The molecule has 108 valence electrons. The van der Waals surface area contributed by atoms with Crippen LogP contribution in [0, 0.1) is 0 Å². The molecule has 20 heavy (non-hydrogen) atoms. The van der Waals surface area contributed by atoms with Crippen LogP contribution >= 0.6 is 0 Å². The first-order chi connectivity index (χ1) is 9.58. The molecule has 0 atom stereocenters. The summed E-state index contributed by atoms with van der Waals surface area (Å²) in [4.78, 5) is 14.0. The highest BCUT2D eigenvalue weighted by Crippen LogP contribution is 2.24. The molecule has 2 amide bonds. The fraction of sp³-hybridized carbons (Fsp3) is 0.400. The quantitative estimate of drug-likeness (QED) is 0.822. The van der Waals surface area contributed by atoms with E-state index in [9.17, 15) is 4.79 Å². The van der Waals surface area contributed by atoms with Crippen molar-refractivity contribution in [3.63, 3.8) is 0 Å². The van der Waals surface area contributed by atoms with Crippen LogP contribution in [-0.4, -0.2) is 42.7 Å². The SMILES string of the molecule is CN(C)CCCNC(=O)Nc1cn(C)c2ccccc12. The van der Waals surface area contributed by atoms with Crippen molar-refractivity contribution in [2.75, 3.05) is 32.5 Å². The topological polar surface area (TPSA) is 49.3 Å². The predicted molar refractivity (Wildman–Crippen MR) is 83.1 cm³/mol. The number of urea groups is 1. The van der Waals surface area contributed by atoms with Crippen LogP contribution in [0.1, 0.15) is 6.42 Å². The van der Waals surface area contributed by atoms with Gasteiger partial charge in [0.2, 0.25) is 0 Å². The third-order valence-corrected chi connectivity index (χ3v) is 3.21. The Labute approximate surface area is 119 Å². The summed E-state index contributed by atoms with van der Waals surface area (Å²) in [7, 11) is 6.02. The van der Waals surface area contributed by atoms with E-state index in [1.165, 1.54) is 0 Å². The highest BCUT2D eigenvalue weighted by atomic mass is 16.2. The summed E-state index contributed by atoms with van der Waals surface area (Å²) < 4.78 is 2.01. The van der Waals surface area contributed by atoms with Crippen molar-refractivity contribution in [2.24, 2.45) is 7.05 Å². The lowest BCUT2D eigenvalue weighted by Crippen LogP contribution is -2.31. The van der Waals surface area contributed by atoms with Crippen molar-refractivity contribution >= 4 is 22.6 Å². The van der Waals surface area contributed by atoms with Crippen LogP contribution in [0.2, 0.25) is 0 Å². The maximum absolute atomic E-state index is 11.9. The standard InChI is InChI=1S/C15H22N4O/c1-18(2)10-6-9-16-15(20)17-13-11-19(3)14-8-5-4-7-12(13)14/h4-5,7-8,11H,6,9-10H2,1-3H3,(H2,16,17,20). The highest BCUT2D eigenvalue weighted by Gasteiger charge is 2.08. The molecule has 0 spiro atoms. The summed E-state index contributed by atoms with van der Waals surface area (Å²) in [6.07, 6.45) is 2.88. The van der Waals surface area contributed by atoms with E-state index in [1.54, 1.807) is 0 Å². The molecule has 0 saturated carbocycles. The molecule has 0 radical (unpaired) electrons. The number of anilines is 1. The first kappa shape index (κ1) is 14.4. The number of nitrogens with one attached hydrogen (secondary N) is 2. The van der Waals surface area contributed by atoms with Gasteiger partial charge in [0, 0.05) is 30.7 Å². The molecule has 5 heteroatoms. The zero-order chi connectivity index (χ0) is 14.5. The molecule has 0 aliphatic heterocycles. The first-order valence-electron chi connectivity index (χ1n) is 6.81. The lowest BCUT2D eigenvalue weighted by molar-refractivity contribution is 0.251. The van der Waals surface area contributed by atoms with Gasteiger partial charge < -0.3 is 20.1 Å². The molecule has 0 unspecified atom stereocenters. The maximum atomic E-state index is 11.9. The summed E-state index contributed by atoms with van der Waals surface area (Å²) in [5, 5.41) is 6.84. The van der Waals surface area contributed by atoms with E-state index in [0.717, 1.165) is 29.6 Å². The van der Waals surface area contributed by atoms with Gasteiger partial charge >= 0.3 is 6.03 Å². The van der Waals surface area contributed by atoms with Gasteiger partial charge in [0.25, 0.3) is 0 Å². The number of aromatic nitrogens is 1. The van der Waals surface area contributed by atoms with Gasteiger partial charge in [-0.3, -0.25) is 0 Å². The summed E-state index contributed by atoms with van der Waals surface area (Å²) in [6.45, 7) is 1.64. The molecular weight excluding hydrogens is 252 g/mol. The van der Waals surface area contributed by atoms with Gasteiger partial charge in [-0.1, -0.05) is 18.2 Å². The van der Waals surface area contributed by atoms with Crippen molar-refractivity contribution < 1.29 is 4.79 Å². The fourth-order valence-corrected chi connectivity index (χ4v) is 2.21. The fourth-order valence-electron chi connectivity index (χ4n) is 2.21. The summed E-state index contributed by atoms with van der Waals surface area (Å²) in [5.41, 5.74) is 1.95. The number of fused-ring (bicyclic) bond motifs is 1. The zero-order valence-electron chi connectivity index (χ0n) is 12.3. The van der Waals surface area contributed by atoms with Crippen LogP contribution in [-0.2, 0) is 7.05 Å². The summed E-state index contributed by atoms with van der Waals surface area (Å²) in [6, 6.07) is 7.86. The summed E-state index contributed by atoms with van der Waals surface area (Å²) >= 11 is 0. The Morgan fingerprint density at radius 1 is 1.30 bits per heavy atom. The van der Waals surface area contributed by atoms with Crippen molar-refractivity contribution in [2.45, 2.75) is 6.42 Å². The van der Waals surface area contributed by atoms with Gasteiger partial charge in [-0.2, -0.15) is 0 Å². The number of hydrogen-bond acceptors (Lipinski definition) is 2. The maximum Gasteiger partial charge on any atom is 0.319 e. The van der Waals surface area contributed by atoms with Gasteiger partial charge in [-0.25, -0.2) is 4.79 Å². The van der Waals surface area contributed by atoms with Gasteiger partial charge in [0.1, 0.15) is 0 Å². The Hall–Kier alpha value is -2.01. The zero-order valence-corrected chi connectivity index (χ0v) is 12.3. The Balaban J connectivity index is 1.93. The number of para-hydroxylation sites is 1. The third kappa shape index (κ3) is 3.51. The van der Waals surface area contributed by atoms with Gasteiger partial charge in [-0.05, 0) is 33.1 Å². The van der Waals surface area contributed by atoms with Crippen molar-refractivity contribution in [3.8, 4) is 0 Å². The molecule has 0 saturated heterocycles. The van der Waals surface area contributed by atoms with Crippen molar-refractivity contribution in [3.05, 3.63) is 30.5 Å². The first-order valence-corrected chi connectivity index (χ1v) is 6.81. The second-order valence-corrected chi connectivity index (χ2v) is 5.21. The molecule has 2 aromatic rings. The Morgan fingerprint density at radius 2 is 2.05 bits per heavy atom. The number of rotatable bonds is 5. The van der Waals surface area contributed by atoms with E-state index in [-0.39, 0.29) is 6.03 Å². The van der Waals surface area contributed by atoms with E-state index in [0.29, 0.717) is 6.54 Å².